The summed E-state index contributed by atoms with van der Waals surface area (Å²) in [7, 11) is 7.69. The average molecular weight is 507 g/mol. The van der Waals surface area contributed by atoms with Crippen molar-refractivity contribution in [1.82, 2.24) is 0 Å². The van der Waals surface area contributed by atoms with Gasteiger partial charge in [-0.05, 0) is 42.0 Å². The minimum Gasteiger partial charge on any atom is -0.497 e. The molecule has 0 unspecified atom stereocenters. The van der Waals surface area contributed by atoms with Crippen LogP contribution in [0.5, 0.6) is 28.7 Å². The normalized spacial score (nSPS) is 16.8. The van der Waals surface area contributed by atoms with Gasteiger partial charge in [-0.15, -0.1) is 0 Å². The molecule has 4 rings (SSSR count). The Balaban J connectivity index is 1.71. The zero-order chi connectivity index (χ0) is 26.5. The van der Waals surface area contributed by atoms with Crippen molar-refractivity contribution in [3.05, 3.63) is 66.2 Å². The Bertz CT molecular complexity index is 1230. The lowest BCUT2D eigenvalue weighted by Gasteiger charge is -2.28. The van der Waals surface area contributed by atoms with Crippen LogP contribution in [0.2, 0.25) is 0 Å². The average Bonchev–Trinajstić information content (AvgIpc) is 3.29. The van der Waals surface area contributed by atoms with Crippen molar-refractivity contribution >= 4 is 23.2 Å². The Hall–Kier alpha value is -4.40. The molecule has 194 valence electrons. The first kappa shape index (κ1) is 25.7. The number of methoxy groups -OCH3 is 5. The maximum atomic E-state index is 13.7. The number of nitrogens with one attached hydrogen (secondary N) is 1. The number of ether oxygens (including phenoxy) is 5. The molecule has 9 nitrogen and oxygen atoms in total. The van der Waals surface area contributed by atoms with Gasteiger partial charge >= 0.3 is 0 Å². The van der Waals surface area contributed by atoms with E-state index in [1.807, 2.05) is 36.4 Å². The summed E-state index contributed by atoms with van der Waals surface area (Å²) in [6, 6.07) is 17.4. The van der Waals surface area contributed by atoms with Crippen molar-refractivity contribution in [2.45, 2.75) is 12.5 Å². The van der Waals surface area contributed by atoms with Crippen molar-refractivity contribution in [3.8, 4) is 28.7 Å². The molecule has 0 bridgehead atoms. The third-order valence-electron chi connectivity index (χ3n) is 6.40. The molecule has 1 aliphatic rings. The van der Waals surface area contributed by atoms with E-state index in [1.54, 1.807) is 43.4 Å². The topological polar surface area (TPSA) is 95.6 Å². The molecule has 0 saturated carbocycles. The molecule has 9 heteroatoms. The largest absolute Gasteiger partial charge is 0.497 e. The van der Waals surface area contributed by atoms with Crippen molar-refractivity contribution in [1.29, 1.82) is 0 Å². The van der Waals surface area contributed by atoms with E-state index >= 15 is 0 Å². The van der Waals surface area contributed by atoms with Gasteiger partial charge in [-0.2, -0.15) is 0 Å². The highest BCUT2D eigenvalue weighted by Gasteiger charge is 2.45. The molecule has 2 amide bonds. The van der Waals surface area contributed by atoms with E-state index in [-0.39, 0.29) is 18.2 Å². The van der Waals surface area contributed by atoms with Gasteiger partial charge in [-0.3, -0.25) is 9.59 Å². The van der Waals surface area contributed by atoms with Gasteiger partial charge in [0.05, 0.1) is 47.5 Å². The van der Waals surface area contributed by atoms with Crippen molar-refractivity contribution in [2.75, 3.05) is 45.8 Å². The van der Waals surface area contributed by atoms with E-state index in [0.29, 0.717) is 40.1 Å². The predicted molar refractivity (Wildman–Crippen MR) is 139 cm³/mol. The smallest absolute Gasteiger partial charge is 0.230 e. The molecule has 1 N–H and O–H groups in total. The van der Waals surface area contributed by atoms with Gasteiger partial charge in [0.2, 0.25) is 17.6 Å². The van der Waals surface area contributed by atoms with Crippen LogP contribution < -0.4 is 33.9 Å². The molecule has 1 heterocycles. The van der Waals surface area contributed by atoms with E-state index in [1.165, 1.54) is 21.3 Å². The molecular weight excluding hydrogens is 476 g/mol. The van der Waals surface area contributed by atoms with Crippen molar-refractivity contribution in [3.63, 3.8) is 0 Å². The molecule has 0 radical (unpaired) electrons. The zero-order valence-electron chi connectivity index (χ0n) is 21.4. The summed E-state index contributed by atoms with van der Waals surface area (Å²) in [4.78, 5) is 28.6. The van der Waals surface area contributed by atoms with E-state index in [0.717, 1.165) is 5.56 Å². The van der Waals surface area contributed by atoms with Gasteiger partial charge in [0.15, 0.2) is 11.5 Å². The number of carbonyl (C=O) groups is 2. The Morgan fingerprint density at radius 1 is 0.784 bits per heavy atom. The lowest BCUT2D eigenvalue weighted by Crippen LogP contribution is -2.32. The number of hydrogen-bond acceptors (Lipinski definition) is 7. The van der Waals surface area contributed by atoms with Gasteiger partial charge < -0.3 is 33.9 Å². The van der Waals surface area contributed by atoms with Crippen LogP contribution in [0.1, 0.15) is 18.0 Å². The van der Waals surface area contributed by atoms with Crippen molar-refractivity contribution in [2.24, 2.45) is 5.92 Å². The summed E-state index contributed by atoms with van der Waals surface area (Å²) < 4.78 is 26.8. The Morgan fingerprint density at radius 2 is 1.32 bits per heavy atom. The molecule has 1 aliphatic heterocycles. The lowest BCUT2D eigenvalue weighted by atomic mass is 9.92. The SMILES string of the molecule is COc1ccc([C@@H]2[C@H](C(=O)Nc3cc(OC)c(OC)c(OC)c3)CC(=O)N2c2ccc(OC)cc2)cc1. The van der Waals surface area contributed by atoms with Gasteiger partial charge in [0.25, 0.3) is 0 Å². The van der Waals surface area contributed by atoms with Crippen LogP contribution in [0.25, 0.3) is 0 Å². The Morgan fingerprint density at radius 3 is 1.81 bits per heavy atom. The Labute approximate surface area is 215 Å². The van der Waals surface area contributed by atoms with Crippen molar-refractivity contribution < 1.29 is 33.3 Å². The Kier molecular flexibility index (Phi) is 7.71. The fraction of sp³-hybridized carbons (Fsp3) is 0.286. The monoisotopic (exact) mass is 506 g/mol. The van der Waals surface area contributed by atoms with Crippen LogP contribution in [0, 0.1) is 5.92 Å². The van der Waals surface area contributed by atoms with Gasteiger partial charge in [-0.1, -0.05) is 12.1 Å². The summed E-state index contributed by atoms with van der Waals surface area (Å²) in [5.41, 5.74) is 1.95. The van der Waals surface area contributed by atoms with Crippen LogP contribution in [-0.2, 0) is 9.59 Å². The minimum atomic E-state index is -0.665. The molecule has 0 aliphatic carbocycles. The molecule has 1 saturated heterocycles. The molecule has 3 aromatic carbocycles. The molecular formula is C28H30N2O7. The lowest BCUT2D eigenvalue weighted by molar-refractivity contribution is -0.122. The summed E-state index contributed by atoms with van der Waals surface area (Å²) in [6.07, 6.45) is 0.0407. The molecule has 37 heavy (non-hydrogen) atoms. The highest BCUT2D eigenvalue weighted by atomic mass is 16.5. The number of benzene rings is 3. The maximum Gasteiger partial charge on any atom is 0.230 e. The highest BCUT2D eigenvalue weighted by Crippen LogP contribution is 2.44. The fourth-order valence-electron chi connectivity index (χ4n) is 4.59. The summed E-state index contributed by atoms with van der Waals surface area (Å²) in [5, 5.41) is 2.94. The van der Waals surface area contributed by atoms with Crippen LogP contribution in [-0.4, -0.2) is 47.4 Å². The summed E-state index contributed by atoms with van der Waals surface area (Å²) >= 11 is 0. The van der Waals surface area contributed by atoms with E-state index in [2.05, 4.69) is 5.32 Å². The number of nitrogens with zero attached hydrogens (tertiary/aromatic N) is 1. The number of amides is 2. The van der Waals surface area contributed by atoms with Crippen LogP contribution in [0.15, 0.2) is 60.7 Å². The molecule has 0 spiro atoms. The van der Waals surface area contributed by atoms with E-state index < -0.39 is 12.0 Å². The van der Waals surface area contributed by atoms with E-state index in [4.69, 9.17) is 23.7 Å². The van der Waals surface area contributed by atoms with Gasteiger partial charge in [0, 0.05) is 29.9 Å². The molecule has 2 atom stereocenters. The summed E-state index contributed by atoms with van der Waals surface area (Å²) in [5.74, 6) is 1.46. The first-order valence-corrected chi connectivity index (χ1v) is 11.6. The predicted octanol–water partition coefficient (Wildman–Crippen LogP) is 4.46. The zero-order valence-corrected chi connectivity index (χ0v) is 21.4. The summed E-state index contributed by atoms with van der Waals surface area (Å²) in [6.45, 7) is 0. The highest BCUT2D eigenvalue weighted by molar-refractivity contribution is 6.05. The number of anilines is 2. The second-order valence-corrected chi connectivity index (χ2v) is 8.39. The maximum absolute atomic E-state index is 13.7. The second-order valence-electron chi connectivity index (χ2n) is 8.39. The third kappa shape index (κ3) is 5.11. The van der Waals surface area contributed by atoms with Crippen LogP contribution >= 0.6 is 0 Å². The number of carbonyl (C=O) groups excluding carboxylic acids is 2. The number of rotatable bonds is 9. The second kappa shape index (κ2) is 11.1. The van der Waals surface area contributed by atoms with E-state index in [9.17, 15) is 9.59 Å². The molecule has 1 fully saturated rings. The third-order valence-corrected chi connectivity index (χ3v) is 6.40. The fourth-order valence-corrected chi connectivity index (χ4v) is 4.59. The first-order chi connectivity index (χ1) is 17.9. The van der Waals surface area contributed by atoms with Gasteiger partial charge in [-0.25, -0.2) is 0 Å². The first-order valence-electron chi connectivity index (χ1n) is 11.6. The van der Waals surface area contributed by atoms with Crippen LogP contribution in [0.3, 0.4) is 0 Å². The van der Waals surface area contributed by atoms with Gasteiger partial charge in [0.1, 0.15) is 11.5 Å². The number of hydrogen-bond donors (Lipinski definition) is 1. The van der Waals surface area contributed by atoms with Crippen LogP contribution in [0.4, 0.5) is 11.4 Å². The minimum absolute atomic E-state index is 0.0407. The standard InChI is InChI=1S/C28H30N2O7/c1-33-20-10-6-17(7-11-20)26-22(16-25(31)30(26)19-8-12-21(34-2)13-9-19)28(32)29-18-14-23(35-3)27(37-5)24(15-18)36-4/h6-15,22,26H,16H2,1-5H3,(H,29,32)/t22-,26-/m1/s1. The molecule has 3 aromatic rings. The quantitative estimate of drug-likeness (QED) is 0.458. The molecule has 0 aromatic heterocycles.